The van der Waals surface area contributed by atoms with Gasteiger partial charge >= 0.3 is 6.18 Å². The number of aryl methyl sites for hydroxylation is 1. The summed E-state index contributed by atoms with van der Waals surface area (Å²) in [7, 11) is 0. The molecule has 144 valence electrons. The predicted octanol–water partition coefficient (Wildman–Crippen LogP) is 4.51. The molecule has 2 unspecified atom stereocenters. The van der Waals surface area contributed by atoms with E-state index in [0.717, 1.165) is 22.3 Å². The molecule has 1 aliphatic carbocycles. The summed E-state index contributed by atoms with van der Waals surface area (Å²) >= 11 is 0. The van der Waals surface area contributed by atoms with E-state index in [9.17, 15) is 13.2 Å². The maximum atomic E-state index is 12.8. The minimum atomic E-state index is -4.22. The molecule has 1 aromatic carbocycles. The van der Waals surface area contributed by atoms with E-state index in [0.29, 0.717) is 11.1 Å². The van der Waals surface area contributed by atoms with Gasteiger partial charge in [0, 0.05) is 23.2 Å². The van der Waals surface area contributed by atoms with E-state index in [1.165, 1.54) is 6.26 Å². The third-order valence-electron chi connectivity index (χ3n) is 4.85. The molecule has 0 radical (unpaired) electrons. The summed E-state index contributed by atoms with van der Waals surface area (Å²) < 4.78 is 43.8. The molecule has 4 aromatic rings. The number of fused-ring (bicyclic) bond motifs is 2. The number of nitrogens with one attached hydrogen (secondary N) is 3. The van der Waals surface area contributed by atoms with Gasteiger partial charge in [0.2, 0.25) is 5.95 Å². The highest BCUT2D eigenvalue weighted by atomic mass is 19.4. The first kappa shape index (κ1) is 16.8. The van der Waals surface area contributed by atoms with E-state index < -0.39 is 18.1 Å². The van der Waals surface area contributed by atoms with Crippen molar-refractivity contribution in [1.82, 2.24) is 20.2 Å². The molecule has 1 fully saturated rings. The van der Waals surface area contributed by atoms with Crippen molar-refractivity contribution in [1.29, 1.82) is 0 Å². The van der Waals surface area contributed by atoms with Crippen LogP contribution in [-0.2, 0) is 0 Å². The Morgan fingerprint density at radius 1 is 1.21 bits per heavy atom. The number of nitrogens with zero attached hydrogens (tertiary/aromatic N) is 3. The van der Waals surface area contributed by atoms with Crippen molar-refractivity contribution >= 4 is 39.5 Å². The van der Waals surface area contributed by atoms with Crippen LogP contribution in [0.25, 0.3) is 22.0 Å². The van der Waals surface area contributed by atoms with Crippen LogP contribution < -0.4 is 10.6 Å². The van der Waals surface area contributed by atoms with Gasteiger partial charge in [0.15, 0.2) is 11.4 Å². The molecular weight excluding hydrogens is 373 g/mol. The Kier molecular flexibility index (Phi) is 3.52. The Morgan fingerprint density at radius 2 is 2.07 bits per heavy atom. The van der Waals surface area contributed by atoms with Crippen LogP contribution >= 0.6 is 0 Å². The molecule has 28 heavy (non-hydrogen) atoms. The number of anilines is 3. The lowest BCUT2D eigenvalue weighted by Crippen LogP contribution is -2.18. The maximum Gasteiger partial charge on any atom is 0.393 e. The van der Waals surface area contributed by atoms with Gasteiger partial charge in [0.05, 0.1) is 23.4 Å². The smallest absolute Gasteiger partial charge is 0.393 e. The lowest BCUT2D eigenvalue weighted by atomic mass is 10.2. The standard InChI is InChI=1S/C18H15F3N6O/c1-8-10-3-2-9(6-13(10)27-26-8)22-17-24-12-4-5-28-15(12)16(25-17)23-14-7-11(14)18(19,20)21/h2-6,11,14H,7H2,1H3,(H,26,27)(H2,22,23,24,25). The fraction of sp³-hybridized carbons (Fsp3) is 0.278. The van der Waals surface area contributed by atoms with Crippen molar-refractivity contribution in [2.75, 3.05) is 10.6 Å². The minimum Gasteiger partial charge on any atom is -0.459 e. The lowest BCUT2D eigenvalue weighted by molar-refractivity contribution is -0.147. The summed E-state index contributed by atoms with van der Waals surface area (Å²) in [5, 5.41) is 14.0. The molecule has 0 saturated heterocycles. The minimum absolute atomic E-state index is 0.0221. The molecule has 0 amide bonds. The van der Waals surface area contributed by atoms with Gasteiger partial charge in [-0.05, 0) is 31.5 Å². The van der Waals surface area contributed by atoms with Crippen molar-refractivity contribution in [2.45, 2.75) is 25.6 Å². The summed E-state index contributed by atoms with van der Waals surface area (Å²) in [5.74, 6) is -0.862. The van der Waals surface area contributed by atoms with E-state index in [2.05, 4.69) is 30.8 Å². The monoisotopic (exact) mass is 388 g/mol. The van der Waals surface area contributed by atoms with Crippen molar-refractivity contribution in [3.63, 3.8) is 0 Å². The second kappa shape index (κ2) is 5.85. The van der Waals surface area contributed by atoms with Gasteiger partial charge in [0.25, 0.3) is 0 Å². The normalized spacial score (nSPS) is 19.3. The first-order chi connectivity index (χ1) is 13.4. The average Bonchev–Trinajstić information content (AvgIpc) is 3.10. The Hall–Kier alpha value is -3.30. The Balaban J connectivity index is 1.44. The topological polar surface area (TPSA) is 91.7 Å². The van der Waals surface area contributed by atoms with Crippen molar-refractivity contribution < 1.29 is 17.6 Å². The quantitative estimate of drug-likeness (QED) is 0.476. The molecule has 0 aliphatic heterocycles. The van der Waals surface area contributed by atoms with Crippen molar-refractivity contribution in [3.8, 4) is 0 Å². The number of alkyl halides is 3. The largest absolute Gasteiger partial charge is 0.459 e. The second-order valence-corrected chi connectivity index (χ2v) is 6.86. The van der Waals surface area contributed by atoms with E-state index in [1.807, 2.05) is 25.1 Å². The average molecular weight is 388 g/mol. The van der Waals surface area contributed by atoms with Crippen LogP contribution in [-0.4, -0.2) is 32.4 Å². The van der Waals surface area contributed by atoms with Crippen molar-refractivity contribution in [3.05, 3.63) is 36.2 Å². The van der Waals surface area contributed by atoms with Gasteiger partial charge in [-0.3, -0.25) is 5.10 Å². The summed E-state index contributed by atoms with van der Waals surface area (Å²) in [5.41, 5.74) is 3.31. The van der Waals surface area contributed by atoms with Crippen LogP contribution in [0.4, 0.5) is 30.6 Å². The number of hydrogen-bond donors (Lipinski definition) is 3. The Labute approximate surface area is 156 Å². The van der Waals surface area contributed by atoms with Crippen LogP contribution in [0.1, 0.15) is 12.1 Å². The molecule has 5 rings (SSSR count). The maximum absolute atomic E-state index is 12.8. The Bertz CT molecular complexity index is 1180. The summed E-state index contributed by atoms with van der Waals surface area (Å²) in [4.78, 5) is 8.70. The van der Waals surface area contributed by atoms with Gasteiger partial charge < -0.3 is 15.1 Å². The molecular formula is C18H15F3N6O. The molecule has 7 nitrogen and oxygen atoms in total. The highest BCUT2D eigenvalue weighted by Gasteiger charge is 2.56. The fourth-order valence-corrected chi connectivity index (χ4v) is 3.27. The predicted molar refractivity (Wildman–Crippen MR) is 97.5 cm³/mol. The molecule has 3 N–H and O–H groups in total. The number of H-pyrrole nitrogens is 1. The molecule has 3 aromatic heterocycles. The number of benzene rings is 1. The molecule has 0 spiro atoms. The number of aromatic amines is 1. The van der Waals surface area contributed by atoms with Crippen LogP contribution in [0.2, 0.25) is 0 Å². The summed E-state index contributed by atoms with van der Waals surface area (Å²) in [6, 6.07) is 6.58. The Morgan fingerprint density at radius 3 is 2.86 bits per heavy atom. The zero-order chi connectivity index (χ0) is 19.5. The third kappa shape index (κ3) is 2.90. The summed E-state index contributed by atoms with van der Waals surface area (Å²) in [6.07, 6.45) is -2.76. The number of rotatable bonds is 4. The molecule has 3 heterocycles. The summed E-state index contributed by atoms with van der Waals surface area (Å²) in [6.45, 7) is 1.91. The van der Waals surface area contributed by atoms with E-state index in [1.54, 1.807) is 6.07 Å². The number of halogens is 3. The molecule has 1 saturated carbocycles. The SMILES string of the molecule is Cc1n[nH]c2cc(Nc3nc(NC4CC4C(F)(F)F)c4occc4n3)ccc12. The number of furan rings is 1. The molecule has 2 atom stereocenters. The number of hydrogen-bond acceptors (Lipinski definition) is 6. The first-order valence-electron chi connectivity index (χ1n) is 8.69. The van der Waals surface area contributed by atoms with Crippen LogP contribution in [0.5, 0.6) is 0 Å². The lowest BCUT2D eigenvalue weighted by Gasteiger charge is -2.10. The van der Waals surface area contributed by atoms with E-state index in [4.69, 9.17) is 4.42 Å². The van der Waals surface area contributed by atoms with Crippen LogP contribution in [0.3, 0.4) is 0 Å². The van der Waals surface area contributed by atoms with Gasteiger partial charge in [0.1, 0.15) is 5.52 Å². The second-order valence-electron chi connectivity index (χ2n) is 6.86. The first-order valence-corrected chi connectivity index (χ1v) is 8.69. The number of aromatic nitrogens is 4. The zero-order valence-electron chi connectivity index (χ0n) is 14.6. The third-order valence-corrected chi connectivity index (χ3v) is 4.85. The zero-order valence-corrected chi connectivity index (χ0v) is 14.6. The fourth-order valence-electron chi connectivity index (χ4n) is 3.27. The van der Waals surface area contributed by atoms with Gasteiger partial charge in [-0.25, -0.2) is 4.98 Å². The van der Waals surface area contributed by atoms with Gasteiger partial charge in [-0.2, -0.15) is 23.3 Å². The van der Waals surface area contributed by atoms with Crippen LogP contribution in [0.15, 0.2) is 34.9 Å². The van der Waals surface area contributed by atoms with Gasteiger partial charge in [-0.1, -0.05) is 0 Å². The highest BCUT2D eigenvalue weighted by molar-refractivity contribution is 5.87. The molecule has 1 aliphatic rings. The van der Waals surface area contributed by atoms with Gasteiger partial charge in [-0.15, -0.1) is 0 Å². The van der Waals surface area contributed by atoms with E-state index >= 15 is 0 Å². The van der Waals surface area contributed by atoms with E-state index in [-0.39, 0.29) is 18.2 Å². The molecule has 10 heteroatoms. The van der Waals surface area contributed by atoms with Crippen molar-refractivity contribution in [2.24, 2.45) is 5.92 Å². The molecule has 0 bridgehead atoms. The highest BCUT2D eigenvalue weighted by Crippen LogP contribution is 2.46. The van der Waals surface area contributed by atoms with Crippen LogP contribution in [0, 0.1) is 12.8 Å².